The van der Waals surface area contributed by atoms with Crippen molar-refractivity contribution in [2.75, 3.05) is 4.72 Å². The second kappa shape index (κ2) is 6.87. The quantitative estimate of drug-likeness (QED) is 0.869. The molecule has 0 amide bonds. The molecule has 0 heterocycles. The fraction of sp³-hybridized carbons (Fsp3) is 0.250. The van der Waals surface area contributed by atoms with Crippen LogP contribution in [0.4, 0.5) is 14.5 Å². The van der Waals surface area contributed by atoms with Gasteiger partial charge in [-0.2, -0.15) is 0 Å². The van der Waals surface area contributed by atoms with Crippen LogP contribution in [0.15, 0.2) is 47.4 Å². The van der Waals surface area contributed by atoms with Crippen molar-refractivity contribution in [3.8, 4) is 0 Å². The van der Waals surface area contributed by atoms with Crippen LogP contribution in [-0.2, 0) is 16.4 Å². The minimum Gasteiger partial charge on any atom is -0.279 e. The first-order chi connectivity index (χ1) is 10.4. The summed E-state index contributed by atoms with van der Waals surface area (Å²) in [5.74, 6) is -1.79. The highest BCUT2D eigenvalue weighted by atomic mass is 32.2. The fourth-order valence-corrected chi connectivity index (χ4v) is 3.28. The number of benzene rings is 2. The van der Waals surface area contributed by atoms with Gasteiger partial charge in [-0.1, -0.05) is 31.5 Å². The summed E-state index contributed by atoms with van der Waals surface area (Å²) in [7, 11) is -4.18. The van der Waals surface area contributed by atoms with Gasteiger partial charge in [0.2, 0.25) is 0 Å². The van der Waals surface area contributed by atoms with Crippen molar-refractivity contribution < 1.29 is 17.2 Å². The maximum absolute atomic E-state index is 13.7. The second-order valence-corrected chi connectivity index (χ2v) is 6.59. The number of hydrogen-bond acceptors (Lipinski definition) is 2. The number of unbranched alkanes of at least 4 members (excludes halogenated alkanes) is 1. The summed E-state index contributed by atoms with van der Waals surface area (Å²) in [6, 6.07) is 9.28. The van der Waals surface area contributed by atoms with Crippen LogP contribution in [0.5, 0.6) is 0 Å². The molecule has 0 fully saturated rings. The largest absolute Gasteiger partial charge is 0.279 e. The van der Waals surface area contributed by atoms with Crippen LogP contribution in [0.2, 0.25) is 0 Å². The Kier molecular flexibility index (Phi) is 5.13. The molecule has 0 atom stereocenters. The zero-order valence-corrected chi connectivity index (χ0v) is 13.0. The van der Waals surface area contributed by atoms with Gasteiger partial charge in [0.15, 0.2) is 0 Å². The maximum Gasteiger partial charge on any atom is 0.264 e. The van der Waals surface area contributed by atoms with Crippen LogP contribution in [0.1, 0.15) is 25.3 Å². The standard InChI is InChI=1S/C16H17F2NO2S/c1-2-3-6-12-7-4-5-8-15(12)19-22(20,21)16-11-13(17)9-10-14(16)18/h4-5,7-11,19H,2-3,6H2,1H3. The molecule has 0 saturated carbocycles. The highest BCUT2D eigenvalue weighted by Crippen LogP contribution is 2.23. The van der Waals surface area contributed by atoms with E-state index in [1.165, 1.54) is 0 Å². The van der Waals surface area contributed by atoms with Crippen molar-refractivity contribution >= 4 is 15.7 Å². The summed E-state index contributed by atoms with van der Waals surface area (Å²) in [5.41, 5.74) is 1.21. The van der Waals surface area contributed by atoms with Crippen LogP contribution in [0.25, 0.3) is 0 Å². The van der Waals surface area contributed by atoms with Gasteiger partial charge < -0.3 is 0 Å². The highest BCUT2D eigenvalue weighted by Gasteiger charge is 2.21. The van der Waals surface area contributed by atoms with E-state index in [4.69, 9.17) is 0 Å². The molecular formula is C16H17F2NO2S. The van der Waals surface area contributed by atoms with Gasteiger partial charge in [-0.3, -0.25) is 4.72 Å². The minimum absolute atomic E-state index is 0.389. The van der Waals surface area contributed by atoms with Crippen molar-refractivity contribution in [2.24, 2.45) is 0 Å². The summed E-state index contributed by atoms with van der Waals surface area (Å²) in [4.78, 5) is -0.696. The van der Waals surface area contributed by atoms with Crippen molar-refractivity contribution in [1.29, 1.82) is 0 Å². The van der Waals surface area contributed by atoms with E-state index in [2.05, 4.69) is 4.72 Å². The number of rotatable bonds is 6. The summed E-state index contributed by atoms with van der Waals surface area (Å²) >= 11 is 0. The molecule has 0 unspecified atom stereocenters. The minimum atomic E-state index is -4.18. The molecule has 0 radical (unpaired) electrons. The van der Waals surface area contributed by atoms with Gasteiger partial charge in [0.05, 0.1) is 5.69 Å². The zero-order valence-electron chi connectivity index (χ0n) is 12.1. The van der Waals surface area contributed by atoms with Gasteiger partial charge in [-0.05, 0) is 42.7 Å². The maximum atomic E-state index is 13.7. The Morgan fingerprint density at radius 3 is 2.55 bits per heavy atom. The first kappa shape index (κ1) is 16.4. The highest BCUT2D eigenvalue weighted by molar-refractivity contribution is 7.92. The van der Waals surface area contributed by atoms with Crippen LogP contribution >= 0.6 is 0 Å². The lowest BCUT2D eigenvalue weighted by atomic mass is 10.1. The van der Waals surface area contributed by atoms with Crippen molar-refractivity contribution in [3.05, 3.63) is 59.7 Å². The Morgan fingerprint density at radius 2 is 1.82 bits per heavy atom. The molecule has 0 spiro atoms. The number of hydrogen-bond donors (Lipinski definition) is 1. The van der Waals surface area contributed by atoms with E-state index in [9.17, 15) is 17.2 Å². The van der Waals surface area contributed by atoms with Crippen LogP contribution in [-0.4, -0.2) is 8.42 Å². The molecule has 3 nitrogen and oxygen atoms in total. The first-order valence-corrected chi connectivity index (χ1v) is 8.48. The molecule has 1 N–H and O–H groups in total. The number of anilines is 1. The number of nitrogens with one attached hydrogen (secondary N) is 1. The Bertz CT molecular complexity index is 760. The Balaban J connectivity index is 2.35. The molecule has 0 aromatic heterocycles. The topological polar surface area (TPSA) is 46.2 Å². The third kappa shape index (κ3) is 3.82. The third-order valence-corrected chi connectivity index (χ3v) is 4.62. The monoisotopic (exact) mass is 325 g/mol. The van der Waals surface area contributed by atoms with Crippen molar-refractivity contribution in [1.82, 2.24) is 0 Å². The third-order valence-electron chi connectivity index (χ3n) is 3.24. The fourth-order valence-electron chi connectivity index (χ4n) is 2.09. The van der Waals surface area contributed by atoms with Crippen LogP contribution < -0.4 is 4.72 Å². The van der Waals surface area contributed by atoms with Crippen LogP contribution in [0, 0.1) is 11.6 Å². The second-order valence-electron chi connectivity index (χ2n) is 4.94. The molecule has 0 aliphatic heterocycles. The van der Waals surface area contributed by atoms with Gasteiger partial charge in [-0.15, -0.1) is 0 Å². The molecule has 6 heteroatoms. The molecule has 2 rings (SSSR count). The molecule has 22 heavy (non-hydrogen) atoms. The van der Waals surface area contributed by atoms with Gasteiger partial charge >= 0.3 is 0 Å². The number of para-hydroxylation sites is 1. The Labute approximate surface area is 129 Å². The van der Waals surface area contributed by atoms with Gasteiger partial charge in [0.1, 0.15) is 16.5 Å². The van der Waals surface area contributed by atoms with Gasteiger partial charge in [-0.25, -0.2) is 17.2 Å². The van der Waals surface area contributed by atoms with E-state index < -0.39 is 26.6 Å². The van der Waals surface area contributed by atoms with E-state index in [1.807, 2.05) is 19.1 Å². The van der Waals surface area contributed by atoms with E-state index in [0.29, 0.717) is 18.2 Å². The summed E-state index contributed by atoms with van der Waals surface area (Å²) in [6.45, 7) is 2.04. The SMILES string of the molecule is CCCCc1ccccc1NS(=O)(=O)c1cc(F)ccc1F. The summed E-state index contributed by atoms with van der Waals surface area (Å²) in [5, 5.41) is 0. The lowest BCUT2D eigenvalue weighted by Crippen LogP contribution is -2.16. The molecule has 0 aliphatic carbocycles. The van der Waals surface area contributed by atoms with Gasteiger partial charge in [0.25, 0.3) is 10.0 Å². The number of halogens is 2. The van der Waals surface area contributed by atoms with E-state index in [-0.39, 0.29) is 0 Å². The molecule has 0 bridgehead atoms. The predicted molar refractivity (Wildman–Crippen MR) is 82.2 cm³/mol. The Hall–Kier alpha value is -1.95. The molecule has 2 aromatic carbocycles. The predicted octanol–water partition coefficient (Wildman–Crippen LogP) is 4.11. The lowest BCUT2D eigenvalue weighted by molar-refractivity contribution is 0.555. The van der Waals surface area contributed by atoms with E-state index in [1.54, 1.807) is 12.1 Å². The molecular weight excluding hydrogens is 308 g/mol. The average Bonchev–Trinajstić information content (AvgIpc) is 2.48. The zero-order chi connectivity index (χ0) is 16.2. The van der Waals surface area contributed by atoms with Crippen molar-refractivity contribution in [3.63, 3.8) is 0 Å². The van der Waals surface area contributed by atoms with E-state index in [0.717, 1.165) is 30.5 Å². The molecule has 118 valence electrons. The van der Waals surface area contributed by atoms with Crippen molar-refractivity contribution in [2.45, 2.75) is 31.1 Å². The van der Waals surface area contributed by atoms with Crippen LogP contribution in [0.3, 0.4) is 0 Å². The summed E-state index contributed by atoms with van der Waals surface area (Å²) < 4.78 is 53.8. The number of sulfonamides is 1. The average molecular weight is 325 g/mol. The van der Waals surface area contributed by atoms with E-state index >= 15 is 0 Å². The molecule has 0 saturated heterocycles. The normalized spacial score (nSPS) is 11.4. The smallest absolute Gasteiger partial charge is 0.264 e. The molecule has 0 aliphatic rings. The molecule has 2 aromatic rings. The lowest BCUT2D eigenvalue weighted by Gasteiger charge is -2.13. The summed E-state index contributed by atoms with van der Waals surface area (Å²) in [6.07, 6.45) is 2.59. The first-order valence-electron chi connectivity index (χ1n) is 7.00. The van der Waals surface area contributed by atoms with Gasteiger partial charge in [0, 0.05) is 0 Å². The number of aryl methyl sites for hydroxylation is 1. The Morgan fingerprint density at radius 1 is 1.09 bits per heavy atom.